The van der Waals surface area contributed by atoms with Crippen LogP contribution >= 0.6 is 0 Å². The van der Waals surface area contributed by atoms with Crippen molar-refractivity contribution >= 4 is 15.8 Å². The third-order valence-corrected chi connectivity index (χ3v) is 4.59. The summed E-state index contributed by atoms with van der Waals surface area (Å²) in [6.45, 7) is 0. The number of hydrogen-bond donors (Lipinski definition) is 1. The summed E-state index contributed by atoms with van der Waals surface area (Å²) >= 11 is 0. The van der Waals surface area contributed by atoms with Gasteiger partial charge in [0.25, 0.3) is 0 Å². The summed E-state index contributed by atoms with van der Waals surface area (Å²) in [5.41, 5.74) is 1.08. The Kier molecular flexibility index (Phi) is 3.09. The smallest absolute Gasteiger partial charge is 0.356 e. The molecule has 3 rings (SSSR count). The highest BCUT2D eigenvalue weighted by Crippen LogP contribution is 2.41. The van der Waals surface area contributed by atoms with Crippen LogP contribution in [0.15, 0.2) is 35.2 Å². The molecule has 0 bridgehead atoms. The number of rotatable bonds is 4. The fraction of sp³-hybridized carbons (Fsp3) is 0.286. The summed E-state index contributed by atoms with van der Waals surface area (Å²) in [4.78, 5) is 11.3. The van der Waals surface area contributed by atoms with Crippen LogP contribution in [0.2, 0.25) is 0 Å². The molecule has 0 radical (unpaired) electrons. The van der Waals surface area contributed by atoms with Gasteiger partial charge in [-0.15, -0.1) is 0 Å². The molecule has 1 heterocycles. The molecule has 110 valence electrons. The summed E-state index contributed by atoms with van der Waals surface area (Å²) in [6, 6.07) is 8.02. The van der Waals surface area contributed by atoms with Crippen LogP contribution in [0.5, 0.6) is 0 Å². The molecule has 1 aromatic carbocycles. The maximum absolute atomic E-state index is 11.9. The van der Waals surface area contributed by atoms with Gasteiger partial charge in [-0.3, -0.25) is 0 Å². The highest BCUT2D eigenvalue weighted by molar-refractivity contribution is 7.90. The number of hydrogen-bond acceptors (Lipinski definition) is 4. The summed E-state index contributed by atoms with van der Waals surface area (Å²) in [5, 5.41) is 13.2. The Balaban J connectivity index is 2.23. The Bertz CT molecular complexity index is 819. The SMILES string of the molecule is CS(=O)(=O)c1ccccc1-n1nc(C(=O)O)cc1C1CC1. The van der Waals surface area contributed by atoms with E-state index in [0.717, 1.165) is 24.8 Å². The van der Waals surface area contributed by atoms with Gasteiger partial charge in [0.05, 0.1) is 10.6 Å². The summed E-state index contributed by atoms with van der Waals surface area (Å²) in [6.07, 6.45) is 3.06. The highest BCUT2D eigenvalue weighted by atomic mass is 32.2. The van der Waals surface area contributed by atoms with Gasteiger partial charge >= 0.3 is 5.97 Å². The number of benzene rings is 1. The second-order valence-electron chi connectivity index (χ2n) is 5.19. The summed E-state index contributed by atoms with van der Waals surface area (Å²) in [5.74, 6) is -0.870. The highest BCUT2D eigenvalue weighted by Gasteiger charge is 2.31. The fourth-order valence-corrected chi connectivity index (χ4v) is 3.17. The van der Waals surface area contributed by atoms with Crippen LogP contribution in [0.3, 0.4) is 0 Å². The quantitative estimate of drug-likeness (QED) is 0.931. The first-order valence-electron chi connectivity index (χ1n) is 6.50. The maximum Gasteiger partial charge on any atom is 0.356 e. The zero-order valence-electron chi connectivity index (χ0n) is 11.4. The Morgan fingerprint density at radius 2 is 2.00 bits per heavy atom. The van der Waals surface area contributed by atoms with Crippen LogP contribution in [0.25, 0.3) is 5.69 Å². The van der Waals surface area contributed by atoms with Crippen molar-refractivity contribution in [1.82, 2.24) is 9.78 Å². The number of para-hydroxylation sites is 1. The van der Waals surface area contributed by atoms with Crippen molar-refractivity contribution in [2.24, 2.45) is 0 Å². The zero-order valence-corrected chi connectivity index (χ0v) is 12.2. The third-order valence-electron chi connectivity index (χ3n) is 3.44. The topological polar surface area (TPSA) is 89.3 Å². The predicted octanol–water partition coefficient (Wildman–Crippen LogP) is 1.85. The van der Waals surface area contributed by atoms with E-state index >= 15 is 0 Å². The van der Waals surface area contributed by atoms with E-state index < -0.39 is 15.8 Å². The number of carboxylic acids is 1. The van der Waals surface area contributed by atoms with E-state index in [-0.39, 0.29) is 16.5 Å². The standard InChI is InChI=1S/C14H14N2O4S/c1-21(19,20)13-5-3-2-4-11(13)16-12(9-6-7-9)8-10(15-16)14(17)18/h2-5,8-9H,6-7H2,1H3,(H,17,18). The Morgan fingerprint density at radius 3 is 2.57 bits per heavy atom. The lowest BCUT2D eigenvalue weighted by molar-refractivity contribution is 0.0690. The molecule has 1 aliphatic rings. The zero-order chi connectivity index (χ0) is 15.2. The van der Waals surface area contributed by atoms with Crippen LogP contribution in [-0.2, 0) is 9.84 Å². The first-order valence-corrected chi connectivity index (χ1v) is 8.40. The van der Waals surface area contributed by atoms with Crippen molar-refractivity contribution in [3.63, 3.8) is 0 Å². The van der Waals surface area contributed by atoms with E-state index in [4.69, 9.17) is 5.11 Å². The number of carboxylic acid groups (broad SMARTS) is 1. The molecule has 7 heteroatoms. The predicted molar refractivity (Wildman–Crippen MR) is 75.6 cm³/mol. The number of nitrogens with zero attached hydrogens (tertiary/aromatic N) is 2. The van der Waals surface area contributed by atoms with Crippen LogP contribution < -0.4 is 0 Å². The fourth-order valence-electron chi connectivity index (χ4n) is 2.31. The monoisotopic (exact) mass is 306 g/mol. The molecule has 21 heavy (non-hydrogen) atoms. The Hall–Kier alpha value is -2.15. The molecule has 1 aliphatic carbocycles. The lowest BCUT2D eigenvalue weighted by Crippen LogP contribution is -2.09. The minimum Gasteiger partial charge on any atom is -0.476 e. The largest absolute Gasteiger partial charge is 0.476 e. The Morgan fingerprint density at radius 1 is 1.33 bits per heavy atom. The van der Waals surface area contributed by atoms with Crippen LogP contribution in [0.4, 0.5) is 0 Å². The molecule has 2 aromatic rings. The average Bonchev–Trinajstić information content (AvgIpc) is 3.16. The van der Waals surface area contributed by atoms with E-state index in [1.54, 1.807) is 18.2 Å². The van der Waals surface area contributed by atoms with Crippen molar-refractivity contribution in [2.45, 2.75) is 23.7 Å². The van der Waals surface area contributed by atoms with E-state index in [9.17, 15) is 13.2 Å². The van der Waals surface area contributed by atoms with E-state index in [1.807, 2.05) is 0 Å². The average molecular weight is 306 g/mol. The minimum absolute atomic E-state index is 0.0693. The van der Waals surface area contributed by atoms with Crippen molar-refractivity contribution in [3.8, 4) is 5.69 Å². The van der Waals surface area contributed by atoms with E-state index in [2.05, 4.69) is 5.10 Å². The van der Waals surface area contributed by atoms with Crippen molar-refractivity contribution in [1.29, 1.82) is 0 Å². The molecule has 0 unspecified atom stereocenters. The normalized spacial score (nSPS) is 15.1. The van der Waals surface area contributed by atoms with Gasteiger partial charge in [0.2, 0.25) is 0 Å². The summed E-state index contributed by atoms with van der Waals surface area (Å²) in [7, 11) is -3.42. The van der Waals surface area contributed by atoms with Gasteiger partial charge in [-0.25, -0.2) is 17.9 Å². The van der Waals surface area contributed by atoms with Gasteiger partial charge in [0.15, 0.2) is 15.5 Å². The van der Waals surface area contributed by atoms with Gasteiger partial charge in [0, 0.05) is 17.9 Å². The lowest BCUT2D eigenvalue weighted by Gasteiger charge is -2.10. The third kappa shape index (κ3) is 2.56. The van der Waals surface area contributed by atoms with Gasteiger partial charge < -0.3 is 5.11 Å². The van der Waals surface area contributed by atoms with Crippen LogP contribution in [0.1, 0.15) is 34.9 Å². The van der Waals surface area contributed by atoms with Gasteiger partial charge in [-0.1, -0.05) is 12.1 Å². The molecular weight excluding hydrogens is 292 g/mol. The second-order valence-corrected chi connectivity index (χ2v) is 7.17. The summed E-state index contributed by atoms with van der Waals surface area (Å²) < 4.78 is 25.3. The molecule has 0 saturated heterocycles. The van der Waals surface area contributed by atoms with E-state index in [1.165, 1.54) is 16.8 Å². The van der Waals surface area contributed by atoms with Crippen LogP contribution in [-0.4, -0.2) is 35.5 Å². The molecule has 1 saturated carbocycles. The molecule has 0 atom stereocenters. The molecule has 1 fully saturated rings. The second kappa shape index (κ2) is 4.70. The molecule has 0 aliphatic heterocycles. The molecule has 1 N–H and O–H groups in total. The molecular formula is C14H14N2O4S. The minimum atomic E-state index is -3.42. The number of sulfone groups is 1. The maximum atomic E-state index is 11.9. The molecule has 6 nitrogen and oxygen atoms in total. The first kappa shape index (κ1) is 13.8. The molecule has 1 aromatic heterocycles. The number of carbonyl (C=O) groups is 1. The molecule has 0 spiro atoms. The van der Waals surface area contributed by atoms with Gasteiger partial charge in [-0.05, 0) is 31.0 Å². The number of aromatic carboxylic acids is 1. The number of aromatic nitrogens is 2. The Labute approximate surface area is 121 Å². The van der Waals surface area contributed by atoms with Gasteiger partial charge in [0.1, 0.15) is 0 Å². The van der Waals surface area contributed by atoms with Crippen molar-refractivity contribution in [3.05, 3.63) is 41.7 Å². The van der Waals surface area contributed by atoms with Crippen molar-refractivity contribution < 1.29 is 18.3 Å². The van der Waals surface area contributed by atoms with Gasteiger partial charge in [-0.2, -0.15) is 5.10 Å². The van der Waals surface area contributed by atoms with E-state index in [0.29, 0.717) is 5.69 Å². The van der Waals surface area contributed by atoms with Crippen LogP contribution in [0, 0.1) is 0 Å². The lowest BCUT2D eigenvalue weighted by atomic mass is 10.2. The van der Waals surface area contributed by atoms with Crippen molar-refractivity contribution in [2.75, 3.05) is 6.26 Å². The molecule has 0 amide bonds. The first-order chi connectivity index (χ1) is 9.88.